The van der Waals surface area contributed by atoms with E-state index in [2.05, 4.69) is 41.8 Å². The Morgan fingerprint density at radius 1 is 1.17 bits per heavy atom. The van der Waals surface area contributed by atoms with Gasteiger partial charge in [-0.05, 0) is 30.4 Å². The number of rotatable bonds is 5. The predicted octanol–water partition coefficient (Wildman–Crippen LogP) is 2.92. The number of piperidine rings is 1. The minimum absolute atomic E-state index is 0.301. The number of thiophene rings is 1. The Morgan fingerprint density at radius 2 is 2.00 bits per heavy atom. The summed E-state index contributed by atoms with van der Waals surface area (Å²) in [4.78, 5) is 12.1. The fourth-order valence-corrected chi connectivity index (χ4v) is 3.47. The van der Waals surface area contributed by atoms with Gasteiger partial charge in [0.25, 0.3) is 0 Å². The molecule has 3 aromatic rings. The average Bonchev–Trinajstić information content (AvgIpc) is 3.33. The summed E-state index contributed by atoms with van der Waals surface area (Å²) >= 11 is 1.71. The maximum atomic E-state index is 5.78. The molecular weight excluding hydrogens is 324 g/mol. The molecule has 0 radical (unpaired) electrons. The van der Waals surface area contributed by atoms with Gasteiger partial charge in [0.05, 0.1) is 6.54 Å². The molecule has 8 heteroatoms. The van der Waals surface area contributed by atoms with Crippen LogP contribution >= 0.6 is 11.3 Å². The van der Waals surface area contributed by atoms with Crippen LogP contribution in [0, 0.1) is 0 Å². The summed E-state index contributed by atoms with van der Waals surface area (Å²) < 4.78 is 5.78. The van der Waals surface area contributed by atoms with Crippen LogP contribution in [0.2, 0.25) is 0 Å². The Kier molecular flexibility index (Phi) is 4.37. The zero-order valence-electron chi connectivity index (χ0n) is 13.1. The van der Waals surface area contributed by atoms with Crippen LogP contribution in [0.25, 0.3) is 0 Å². The van der Waals surface area contributed by atoms with Gasteiger partial charge in [-0.25, -0.2) is 9.97 Å². The summed E-state index contributed by atoms with van der Waals surface area (Å²) in [6.45, 7) is 2.51. The van der Waals surface area contributed by atoms with Crippen molar-refractivity contribution >= 4 is 23.3 Å². The molecule has 4 rings (SSSR count). The summed E-state index contributed by atoms with van der Waals surface area (Å²) in [5, 5.41) is 13.6. The first-order valence-electron chi connectivity index (χ1n) is 8.00. The van der Waals surface area contributed by atoms with Gasteiger partial charge in [-0.2, -0.15) is 0 Å². The molecule has 1 aliphatic rings. The molecule has 0 aromatic carbocycles. The average molecular weight is 342 g/mol. The zero-order valence-corrected chi connectivity index (χ0v) is 13.9. The third-order valence-electron chi connectivity index (χ3n) is 4.11. The van der Waals surface area contributed by atoms with Crippen LogP contribution in [0.1, 0.15) is 29.5 Å². The largest absolute Gasteiger partial charge is 0.408 e. The van der Waals surface area contributed by atoms with E-state index >= 15 is 0 Å². The number of hydrogen-bond acceptors (Lipinski definition) is 8. The van der Waals surface area contributed by atoms with Crippen molar-refractivity contribution in [1.82, 2.24) is 20.2 Å². The van der Waals surface area contributed by atoms with Crippen LogP contribution in [-0.2, 0) is 6.54 Å². The first-order chi connectivity index (χ1) is 11.9. The number of aromatic nitrogens is 4. The highest BCUT2D eigenvalue weighted by Gasteiger charge is 2.26. The van der Waals surface area contributed by atoms with Crippen LogP contribution in [0.15, 0.2) is 40.4 Å². The Bertz CT molecular complexity index is 752. The van der Waals surface area contributed by atoms with E-state index in [0.29, 0.717) is 18.5 Å². The second-order valence-corrected chi connectivity index (χ2v) is 6.72. The van der Waals surface area contributed by atoms with E-state index in [9.17, 15) is 0 Å². The quantitative estimate of drug-likeness (QED) is 0.763. The maximum absolute atomic E-state index is 5.78. The molecule has 7 nitrogen and oxygen atoms in total. The monoisotopic (exact) mass is 342 g/mol. The van der Waals surface area contributed by atoms with E-state index in [-0.39, 0.29) is 0 Å². The number of nitrogens with zero attached hydrogens (tertiary/aromatic N) is 5. The molecule has 0 spiro atoms. The molecule has 1 N–H and O–H groups in total. The lowest BCUT2D eigenvalue weighted by molar-refractivity contribution is 0.396. The van der Waals surface area contributed by atoms with Crippen molar-refractivity contribution in [3.05, 3.63) is 46.7 Å². The zero-order chi connectivity index (χ0) is 16.2. The lowest BCUT2D eigenvalue weighted by Crippen LogP contribution is -2.34. The van der Waals surface area contributed by atoms with E-state index < -0.39 is 0 Å². The van der Waals surface area contributed by atoms with E-state index in [4.69, 9.17) is 4.42 Å². The van der Waals surface area contributed by atoms with Crippen molar-refractivity contribution in [1.29, 1.82) is 0 Å². The van der Waals surface area contributed by atoms with Gasteiger partial charge < -0.3 is 14.6 Å². The third kappa shape index (κ3) is 3.38. The third-order valence-corrected chi connectivity index (χ3v) is 4.99. The molecule has 1 saturated heterocycles. The SMILES string of the molecule is c1cnc(N2CCC(c3nnc(NCc4cccs4)o3)CC2)nc1. The normalized spacial score (nSPS) is 15.6. The lowest BCUT2D eigenvalue weighted by atomic mass is 9.97. The van der Waals surface area contributed by atoms with Gasteiger partial charge in [-0.1, -0.05) is 11.2 Å². The van der Waals surface area contributed by atoms with Gasteiger partial charge in [-0.15, -0.1) is 16.4 Å². The van der Waals surface area contributed by atoms with Gasteiger partial charge in [0, 0.05) is 36.3 Å². The second kappa shape index (κ2) is 6.96. The van der Waals surface area contributed by atoms with Crippen LogP contribution in [0.3, 0.4) is 0 Å². The molecule has 0 bridgehead atoms. The van der Waals surface area contributed by atoms with Crippen molar-refractivity contribution < 1.29 is 4.42 Å². The Hall–Kier alpha value is -2.48. The molecule has 0 amide bonds. The van der Waals surface area contributed by atoms with E-state index in [1.165, 1.54) is 4.88 Å². The molecule has 124 valence electrons. The fourth-order valence-electron chi connectivity index (χ4n) is 2.83. The number of anilines is 2. The molecule has 3 aromatic heterocycles. The molecule has 1 fully saturated rings. The van der Waals surface area contributed by atoms with Crippen molar-refractivity contribution in [3.63, 3.8) is 0 Å². The summed E-state index contributed by atoms with van der Waals surface area (Å²) in [6.07, 6.45) is 5.48. The van der Waals surface area contributed by atoms with Crippen molar-refractivity contribution in [3.8, 4) is 0 Å². The standard InChI is InChI=1S/C16H18N6OS/c1-3-13(24-10-1)11-19-16-21-20-14(23-16)12-4-8-22(9-5-12)15-17-6-2-7-18-15/h1-3,6-7,10,12H,4-5,8-9,11H2,(H,19,21). The summed E-state index contributed by atoms with van der Waals surface area (Å²) in [7, 11) is 0. The highest BCUT2D eigenvalue weighted by Crippen LogP contribution is 2.29. The lowest BCUT2D eigenvalue weighted by Gasteiger charge is -2.30. The van der Waals surface area contributed by atoms with Crippen LogP contribution < -0.4 is 10.2 Å². The minimum Gasteiger partial charge on any atom is -0.408 e. The Morgan fingerprint density at radius 3 is 2.75 bits per heavy atom. The van der Waals surface area contributed by atoms with Crippen molar-refractivity contribution in [2.75, 3.05) is 23.3 Å². The van der Waals surface area contributed by atoms with Crippen LogP contribution in [0.5, 0.6) is 0 Å². The van der Waals surface area contributed by atoms with E-state index in [1.54, 1.807) is 23.7 Å². The highest BCUT2D eigenvalue weighted by atomic mass is 32.1. The summed E-state index contributed by atoms with van der Waals surface area (Å²) in [5.41, 5.74) is 0. The predicted molar refractivity (Wildman–Crippen MR) is 92.2 cm³/mol. The Balaban J connectivity index is 1.33. The molecule has 1 aliphatic heterocycles. The molecule has 0 saturated carbocycles. The molecule has 24 heavy (non-hydrogen) atoms. The van der Waals surface area contributed by atoms with Crippen molar-refractivity contribution in [2.45, 2.75) is 25.3 Å². The molecule has 0 aliphatic carbocycles. The van der Waals surface area contributed by atoms with E-state index in [1.807, 2.05) is 12.1 Å². The fraction of sp³-hybridized carbons (Fsp3) is 0.375. The second-order valence-electron chi connectivity index (χ2n) is 5.69. The topological polar surface area (TPSA) is 80.0 Å². The number of hydrogen-bond donors (Lipinski definition) is 1. The molecular formula is C16H18N6OS. The van der Waals surface area contributed by atoms with Gasteiger partial charge in [0.2, 0.25) is 11.8 Å². The maximum Gasteiger partial charge on any atom is 0.315 e. The van der Waals surface area contributed by atoms with Gasteiger partial charge in [0.1, 0.15) is 0 Å². The minimum atomic E-state index is 0.301. The molecule has 0 atom stereocenters. The molecule has 4 heterocycles. The first kappa shape index (κ1) is 15.1. The Labute approximate surface area is 143 Å². The highest BCUT2D eigenvalue weighted by molar-refractivity contribution is 7.09. The summed E-state index contributed by atoms with van der Waals surface area (Å²) in [5.74, 6) is 1.81. The van der Waals surface area contributed by atoms with Gasteiger partial charge in [0.15, 0.2) is 0 Å². The van der Waals surface area contributed by atoms with Crippen molar-refractivity contribution in [2.24, 2.45) is 0 Å². The molecule has 0 unspecified atom stereocenters. The first-order valence-corrected chi connectivity index (χ1v) is 8.88. The van der Waals surface area contributed by atoms with Crippen LogP contribution in [-0.4, -0.2) is 33.3 Å². The van der Waals surface area contributed by atoms with Gasteiger partial charge in [-0.3, -0.25) is 0 Å². The smallest absolute Gasteiger partial charge is 0.315 e. The summed E-state index contributed by atoms with van der Waals surface area (Å²) in [6, 6.07) is 6.44. The van der Waals surface area contributed by atoms with Crippen LogP contribution in [0.4, 0.5) is 12.0 Å². The van der Waals surface area contributed by atoms with E-state index in [0.717, 1.165) is 37.8 Å². The van der Waals surface area contributed by atoms with Gasteiger partial charge >= 0.3 is 6.01 Å². The number of nitrogens with one attached hydrogen (secondary N) is 1.